The number of hydrogen-bond acceptors (Lipinski definition) is 2. The van der Waals surface area contributed by atoms with Gasteiger partial charge in [-0.1, -0.05) is 0 Å². The molecule has 0 aliphatic heterocycles. The second-order valence-corrected chi connectivity index (χ2v) is 7.59. The molecule has 5 aliphatic rings. The van der Waals surface area contributed by atoms with Gasteiger partial charge in [0.05, 0.1) is 12.2 Å². The van der Waals surface area contributed by atoms with E-state index in [9.17, 15) is 10.2 Å². The van der Waals surface area contributed by atoms with Crippen LogP contribution in [0.15, 0.2) is 0 Å². The average Bonchev–Trinajstić information content (AvgIpc) is 3.04. The van der Waals surface area contributed by atoms with Gasteiger partial charge < -0.3 is 10.2 Å². The van der Waals surface area contributed by atoms with Crippen LogP contribution in [-0.4, -0.2) is 22.4 Å². The van der Waals surface area contributed by atoms with Crippen LogP contribution in [0.5, 0.6) is 0 Å². The molecule has 0 aromatic rings. The van der Waals surface area contributed by atoms with Crippen molar-refractivity contribution in [2.24, 2.45) is 47.3 Å². The molecule has 4 bridgehead atoms. The van der Waals surface area contributed by atoms with Crippen molar-refractivity contribution in [1.82, 2.24) is 0 Å². The van der Waals surface area contributed by atoms with Crippen molar-refractivity contribution in [1.29, 1.82) is 0 Å². The molecule has 0 saturated heterocycles. The average molecular weight is 234 g/mol. The van der Waals surface area contributed by atoms with Gasteiger partial charge in [0.15, 0.2) is 0 Å². The molecule has 10 atom stereocenters. The van der Waals surface area contributed by atoms with Gasteiger partial charge in [-0.2, -0.15) is 0 Å². The smallest absolute Gasteiger partial charge is 0.0832 e. The lowest BCUT2D eigenvalue weighted by Crippen LogP contribution is -2.39. The highest BCUT2D eigenvalue weighted by Crippen LogP contribution is 2.72. The molecule has 5 fully saturated rings. The highest BCUT2D eigenvalue weighted by molar-refractivity contribution is 5.17. The SMILES string of the molecule is OC1CC2C3CC(C2C1O)C1C2CCC(C2)C31. The van der Waals surface area contributed by atoms with Crippen LogP contribution in [0.4, 0.5) is 0 Å². The third-order valence-electron chi connectivity index (χ3n) is 7.42. The Morgan fingerprint density at radius 1 is 0.647 bits per heavy atom. The Labute approximate surface area is 102 Å². The lowest BCUT2D eigenvalue weighted by atomic mass is 9.64. The van der Waals surface area contributed by atoms with E-state index in [-0.39, 0.29) is 0 Å². The molecule has 5 aliphatic carbocycles. The molecular weight excluding hydrogens is 212 g/mol. The van der Waals surface area contributed by atoms with Crippen molar-refractivity contribution in [3.63, 3.8) is 0 Å². The van der Waals surface area contributed by atoms with Gasteiger partial charge in [0.25, 0.3) is 0 Å². The second-order valence-electron chi connectivity index (χ2n) is 7.59. The normalized spacial score (nSPS) is 70.9. The Morgan fingerprint density at radius 2 is 1.29 bits per heavy atom. The molecule has 2 heteroatoms. The van der Waals surface area contributed by atoms with Crippen molar-refractivity contribution in [3.05, 3.63) is 0 Å². The molecule has 0 aromatic heterocycles. The third-order valence-corrected chi connectivity index (χ3v) is 7.42. The van der Waals surface area contributed by atoms with Gasteiger partial charge in [-0.25, -0.2) is 0 Å². The molecule has 5 saturated carbocycles. The van der Waals surface area contributed by atoms with Crippen molar-refractivity contribution in [3.8, 4) is 0 Å². The minimum Gasteiger partial charge on any atom is -0.390 e. The molecular formula is C15H22O2. The van der Waals surface area contributed by atoms with E-state index in [1.807, 2.05) is 0 Å². The van der Waals surface area contributed by atoms with Crippen LogP contribution in [0.3, 0.4) is 0 Å². The van der Waals surface area contributed by atoms with Gasteiger partial charge in [0.2, 0.25) is 0 Å². The van der Waals surface area contributed by atoms with Crippen LogP contribution in [0.1, 0.15) is 32.1 Å². The zero-order valence-electron chi connectivity index (χ0n) is 10.2. The summed E-state index contributed by atoms with van der Waals surface area (Å²) >= 11 is 0. The molecule has 0 aromatic carbocycles. The summed E-state index contributed by atoms with van der Waals surface area (Å²) in [5.74, 6) is 6.75. The summed E-state index contributed by atoms with van der Waals surface area (Å²) < 4.78 is 0. The summed E-state index contributed by atoms with van der Waals surface area (Å²) in [6.45, 7) is 0. The van der Waals surface area contributed by atoms with E-state index in [1.165, 1.54) is 25.7 Å². The molecule has 5 rings (SSSR count). The third kappa shape index (κ3) is 0.952. The van der Waals surface area contributed by atoms with Crippen molar-refractivity contribution < 1.29 is 10.2 Å². The lowest BCUT2D eigenvalue weighted by molar-refractivity contribution is -0.0160. The molecule has 17 heavy (non-hydrogen) atoms. The fraction of sp³-hybridized carbons (Fsp3) is 1.00. The van der Waals surface area contributed by atoms with Crippen molar-refractivity contribution in [2.75, 3.05) is 0 Å². The summed E-state index contributed by atoms with van der Waals surface area (Å²) in [5.41, 5.74) is 0. The molecule has 0 heterocycles. The lowest BCUT2D eigenvalue weighted by Gasteiger charge is -2.41. The summed E-state index contributed by atoms with van der Waals surface area (Å²) in [4.78, 5) is 0. The van der Waals surface area contributed by atoms with E-state index in [2.05, 4.69) is 0 Å². The first-order valence-corrected chi connectivity index (χ1v) is 7.62. The predicted molar refractivity (Wildman–Crippen MR) is 63.0 cm³/mol. The number of rotatable bonds is 0. The fourth-order valence-electron chi connectivity index (χ4n) is 7.27. The molecule has 2 nitrogen and oxygen atoms in total. The zero-order chi connectivity index (χ0) is 11.3. The summed E-state index contributed by atoms with van der Waals surface area (Å²) in [6.07, 6.45) is 5.93. The Balaban J connectivity index is 1.55. The van der Waals surface area contributed by atoms with Gasteiger partial charge in [-0.3, -0.25) is 0 Å². The number of fused-ring (bicyclic) bond motifs is 12. The minimum atomic E-state index is -0.410. The molecule has 0 amide bonds. The highest BCUT2D eigenvalue weighted by Gasteiger charge is 2.68. The van der Waals surface area contributed by atoms with E-state index >= 15 is 0 Å². The first-order chi connectivity index (χ1) is 8.25. The monoisotopic (exact) mass is 234 g/mol. The Kier molecular flexibility index (Phi) is 1.68. The molecule has 0 spiro atoms. The number of aliphatic hydroxyl groups is 2. The highest BCUT2D eigenvalue weighted by atomic mass is 16.3. The zero-order valence-corrected chi connectivity index (χ0v) is 10.2. The van der Waals surface area contributed by atoms with Gasteiger partial charge in [0.1, 0.15) is 0 Å². The fourth-order valence-corrected chi connectivity index (χ4v) is 7.27. The molecule has 94 valence electrons. The van der Waals surface area contributed by atoms with E-state index in [4.69, 9.17) is 0 Å². The largest absolute Gasteiger partial charge is 0.390 e. The van der Waals surface area contributed by atoms with Crippen LogP contribution in [-0.2, 0) is 0 Å². The van der Waals surface area contributed by atoms with Crippen molar-refractivity contribution >= 4 is 0 Å². The van der Waals surface area contributed by atoms with E-state index in [0.29, 0.717) is 11.8 Å². The second kappa shape index (κ2) is 2.91. The number of hydrogen-bond donors (Lipinski definition) is 2. The van der Waals surface area contributed by atoms with E-state index in [1.54, 1.807) is 0 Å². The predicted octanol–water partition coefficient (Wildman–Crippen LogP) is 1.66. The molecule has 2 N–H and O–H groups in total. The number of aliphatic hydroxyl groups excluding tert-OH is 2. The standard InChI is InChI=1S/C15H22O2/c16-11-5-9-8-4-10(14(9)15(11)17)13-7-2-1-6(3-7)12(8)13/h6-17H,1-5H2. The molecule has 10 unspecified atom stereocenters. The first-order valence-electron chi connectivity index (χ1n) is 7.62. The Morgan fingerprint density at radius 3 is 2.06 bits per heavy atom. The Bertz CT molecular complexity index is 364. The maximum atomic E-state index is 10.2. The van der Waals surface area contributed by atoms with Crippen LogP contribution in [0, 0.1) is 47.3 Å². The maximum Gasteiger partial charge on any atom is 0.0832 e. The quantitative estimate of drug-likeness (QED) is 0.626. The summed E-state index contributed by atoms with van der Waals surface area (Å²) in [6, 6.07) is 0. The van der Waals surface area contributed by atoms with Crippen LogP contribution >= 0.6 is 0 Å². The van der Waals surface area contributed by atoms with Gasteiger partial charge in [-0.15, -0.1) is 0 Å². The minimum absolute atomic E-state index is 0.393. The van der Waals surface area contributed by atoms with Gasteiger partial charge >= 0.3 is 0 Å². The van der Waals surface area contributed by atoms with Gasteiger partial charge in [-0.05, 0) is 79.4 Å². The first kappa shape index (κ1) is 9.80. The summed E-state index contributed by atoms with van der Waals surface area (Å²) in [7, 11) is 0. The van der Waals surface area contributed by atoms with Crippen LogP contribution < -0.4 is 0 Å². The maximum absolute atomic E-state index is 10.2. The topological polar surface area (TPSA) is 40.5 Å². The molecule has 0 radical (unpaired) electrons. The summed E-state index contributed by atoms with van der Waals surface area (Å²) in [5, 5.41) is 20.2. The van der Waals surface area contributed by atoms with E-state index < -0.39 is 12.2 Å². The van der Waals surface area contributed by atoms with Crippen LogP contribution in [0.25, 0.3) is 0 Å². The van der Waals surface area contributed by atoms with Crippen LogP contribution in [0.2, 0.25) is 0 Å². The van der Waals surface area contributed by atoms with E-state index in [0.717, 1.165) is 41.9 Å². The Hall–Kier alpha value is -0.0800. The van der Waals surface area contributed by atoms with Gasteiger partial charge in [0, 0.05) is 0 Å². The van der Waals surface area contributed by atoms with Crippen molar-refractivity contribution in [2.45, 2.75) is 44.3 Å².